The second-order valence-corrected chi connectivity index (χ2v) is 7.67. The minimum absolute atomic E-state index is 0.403. The Kier molecular flexibility index (Phi) is 3.44. The Morgan fingerprint density at radius 1 is 1.06 bits per heavy atom. The molecule has 1 saturated heterocycles. The summed E-state index contributed by atoms with van der Waals surface area (Å²) in [6, 6.07) is 0.445. The molecule has 2 unspecified atom stereocenters. The Balaban J connectivity index is 1.59. The smallest absolute Gasteiger partial charge is 0.0105 e. The molecule has 3 aliphatic rings. The molecule has 2 aliphatic carbocycles. The minimum Gasteiger partial charge on any atom is -0.327 e. The molecule has 2 atom stereocenters. The molecule has 18 heavy (non-hydrogen) atoms. The lowest BCUT2D eigenvalue weighted by Crippen LogP contribution is -2.44. The average Bonchev–Trinajstić information content (AvgIpc) is 2.87. The average molecular weight is 250 g/mol. The molecule has 0 radical (unpaired) electrons. The van der Waals surface area contributed by atoms with E-state index < -0.39 is 0 Å². The first-order valence-corrected chi connectivity index (χ1v) is 8.10. The lowest BCUT2D eigenvalue weighted by atomic mass is 9.73. The van der Waals surface area contributed by atoms with Crippen LogP contribution >= 0.6 is 0 Å². The van der Waals surface area contributed by atoms with E-state index in [0.29, 0.717) is 16.9 Å². The second kappa shape index (κ2) is 4.79. The molecule has 2 nitrogen and oxygen atoms in total. The third-order valence-electron chi connectivity index (χ3n) is 6.17. The van der Waals surface area contributed by atoms with Crippen LogP contribution in [0.25, 0.3) is 0 Å². The van der Waals surface area contributed by atoms with Crippen LogP contribution in [0.1, 0.15) is 64.7 Å². The normalized spacial score (nSPS) is 40.7. The van der Waals surface area contributed by atoms with Gasteiger partial charge in [0.1, 0.15) is 0 Å². The van der Waals surface area contributed by atoms with E-state index in [2.05, 4.69) is 11.8 Å². The van der Waals surface area contributed by atoms with Gasteiger partial charge in [0.2, 0.25) is 0 Å². The van der Waals surface area contributed by atoms with Gasteiger partial charge in [-0.2, -0.15) is 0 Å². The van der Waals surface area contributed by atoms with Crippen LogP contribution in [0.2, 0.25) is 0 Å². The van der Waals surface area contributed by atoms with Crippen molar-refractivity contribution < 1.29 is 0 Å². The van der Waals surface area contributed by atoms with Crippen LogP contribution in [0, 0.1) is 10.8 Å². The summed E-state index contributed by atoms with van der Waals surface area (Å²) in [7, 11) is 0. The number of hydrogen-bond acceptors (Lipinski definition) is 2. The van der Waals surface area contributed by atoms with Crippen LogP contribution in [0.5, 0.6) is 0 Å². The van der Waals surface area contributed by atoms with Crippen molar-refractivity contribution >= 4 is 0 Å². The van der Waals surface area contributed by atoms with E-state index in [1.54, 1.807) is 0 Å². The van der Waals surface area contributed by atoms with Crippen molar-refractivity contribution in [2.75, 3.05) is 19.6 Å². The Morgan fingerprint density at radius 2 is 1.83 bits per heavy atom. The van der Waals surface area contributed by atoms with Crippen molar-refractivity contribution in [1.29, 1.82) is 0 Å². The number of likely N-dealkylation sites (tertiary alicyclic amines) is 1. The SMILES string of the molecule is CC1(CN2CCC3(CCCCC3)C2)CCCC1N. The fourth-order valence-electron chi connectivity index (χ4n) is 4.84. The van der Waals surface area contributed by atoms with Crippen LogP contribution in [0.15, 0.2) is 0 Å². The van der Waals surface area contributed by atoms with Crippen molar-refractivity contribution in [1.82, 2.24) is 4.90 Å². The molecule has 104 valence electrons. The maximum absolute atomic E-state index is 6.33. The molecule has 0 amide bonds. The summed E-state index contributed by atoms with van der Waals surface area (Å²) >= 11 is 0. The lowest BCUT2D eigenvalue weighted by molar-refractivity contribution is 0.141. The van der Waals surface area contributed by atoms with E-state index in [1.807, 2.05) is 0 Å². The molecular formula is C16H30N2. The predicted octanol–water partition coefficient (Wildman–Crippen LogP) is 3.16. The first kappa shape index (κ1) is 12.9. The first-order chi connectivity index (χ1) is 8.62. The molecule has 1 spiro atoms. The van der Waals surface area contributed by atoms with Gasteiger partial charge in [-0.25, -0.2) is 0 Å². The number of hydrogen-bond donors (Lipinski definition) is 1. The Morgan fingerprint density at radius 3 is 2.50 bits per heavy atom. The van der Waals surface area contributed by atoms with E-state index in [1.165, 1.54) is 77.4 Å². The maximum atomic E-state index is 6.33. The van der Waals surface area contributed by atoms with Crippen LogP contribution in [-0.2, 0) is 0 Å². The lowest BCUT2D eigenvalue weighted by Gasteiger charge is -2.36. The third kappa shape index (κ3) is 2.34. The van der Waals surface area contributed by atoms with Crippen molar-refractivity contribution in [2.45, 2.75) is 70.8 Å². The van der Waals surface area contributed by atoms with Crippen molar-refractivity contribution in [2.24, 2.45) is 16.6 Å². The van der Waals surface area contributed by atoms with Gasteiger partial charge in [-0.3, -0.25) is 0 Å². The van der Waals surface area contributed by atoms with Gasteiger partial charge in [0.05, 0.1) is 0 Å². The van der Waals surface area contributed by atoms with Crippen LogP contribution in [0.3, 0.4) is 0 Å². The molecule has 2 saturated carbocycles. The highest BCUT2D eigenvalue weighted by Crippen LogP contribution is 2.45. The van der Waals surface area contributed by atoms with E-state index >= 15 is 0 Å². The van der Waals surface area contributed by atoms with Gasteiger partial charge in [0.15, 0.2) is 0 Å². The highest BCUT2D eigenvalue weighted by molar-refractivity contribution is 4.98. The van der Waals surface area contributed by atoms with Gasteiger partial charge < -0.3 is 10.6 Å². The summed E-state index contributed by atoms with van der Waals surface area (Å²) in [6.07, 6.45) is 12.8. The molecule has 2 N–H and O–H groups in total. The molecule has 0 aromatic carbocycles. The quantitative estimate of drug-likeness (QED) is 0.815. The number of nitrogens with two attached hydrogens (primary N) is 1. The topological polar surface area (TPSA) is 29.3 Å². The van der Waals surface area contributed by atoms with Crippen LogP contribution in [0.4, 0.5) is 0 Å². The van der Waals surface area contributed by atoms with Crippen LogP contribution in [-0.4, -0.2) is 30.6 Å². The molecule has 0 aromatic heterocycles. The van der Waals surface area contributed by atoms with Gasteiger partial charge in [-0.1, -0.05) is 32.6 Å². The zero-order valence-electron chi connectivity index (χ0n) is 12.1. The van der Waals surface area contributed by atoms with Crippen molar-refractivity contribution in [3.8, 4) is 0 Å². The maximum Gasteiger partial charge on any atom is 0.0105 e. The fraction of sp³-hybridized carbons (Fsp3) is 1.00. The van der Waals surface area contributed by atoms with Gasteiger partial charge in [-0.15, -0.1) is 0 Å². The molecule has 3 rings (SSSR count). The minimum atomic E-state index is 0.403. The molecule has 2 heteroatoms. The third-order valence-corrected chi connectivity index (χ3v) is 6.17. The van der Waals surface area contributed by atoms with E-state index in [9.17, 15) is 0 Å². The summed E-state index contributed by atoms with van der Waals surface area (Å²) in [6.45, 7) is 6.39. The van der Waals surface area contributed by atoms with E-state index in [4.69, 9.17) is 5.73 Å². The van der Waals surface area contributed by atoms with Crippen molar-refractivity contribution in [3.05, 3.63) is 0 Å². The summed E-state index contributed by atoms with van der Waals surface area (Å²) in [5.74, 6) is 0. The summed E-state index contributed by atoms with van der Waals surface area (Å²) in [5.41, 5.74) is 7.44. The first-order valence-electron chi connectivity index (χ1n) is 8.10. The van der Waals surface area contributed by atoms with Gasteiger partial charge in [-0.05, 0) is 49.5 Å². The van der Waals surface area contributed by atoms with Gasteiger partial charge >= 0.3 is 0 Å². The number of nitrogens with zero attached hydrogens (tertiary/aromatic N) is 1. The van der Waals surface area contributed by atoms with Gasteiger partial charge in [0.25, 0.3) is 0 Å². The fourth-order valence-corrected chi connectivity index (χ4v) is 4.84. The Labute approximate surface area is 112 Å². The summed E-state index contributed by atoms with van der Waals surface area (Å²) in [4.78, 5) is 2.75. The highest BCUT2D eigenvalue weighted by atomic mass is 15.2. The van der Waals surface area contributed by atoms with Gasteiger partial charge in [0, 0.05) is 19.1 Å². The number of rotatable bonds is 2. The molecule has 3 fully saturated rings. The van der Waals surface area contributed by atoms with E-state index in [0.717, 1.165) is 0 Å². The molecule has 0 bridgehead atoms. The van der Waals surface area contributed by atoms with E-state index in [-0.39, 0.29) is 0 Å². The predicted molar refractivity (Wildman–Crippen MR) is 76.5 cm³/mol. The molecule has 0 aromatic rings. The molecule has 1 aliphatic heterocycles. The monoisotopic (exact) mass is 250 g/mol. The zero-order chi connectivity index (χ0) is 12.6. The van der Waals surface area contributed by atoms with Crippen LogP contribution < -0.4 is 5.73 Å². The Bertz CT molecular complexity index is 295. The summed E-state index contributed by atoms with van der Waals surface area (Å²) in [5, 5.41) is 0. The summed E-state index contributed by atoms with van der Waals surface area (Å²) < 4.78 is 0. The van der Waals surface area contributed by atoms with Crippen molar-refractivity contribution in [3.63, 3.8) is 0 Å². The molecular weight excluding hydrogens is 220 g/mol. The largest absolute Gasteiger partial charge is 0.327 e. The molecule has 1 heterocycles. The zero-order valence-corrected chi connectivity index (χ0v) is 12.1. The second-order valence-electron chi connectivity index (χ2n) is 7.67. The standard InChI is InChI=1S/C16H30N2/c1-15(7-5-6-14(15)17)12-18-11-10-16(13-18)8-3-2-4-9-16/h14H,2-13,17H2,1H3. The Hall–Kier alpha value is -0.0800. The highest BCUT2D eigenvalue weighted by Gasteiger charge is 2.43.